The van der Waals surface area contributed by atoms with Crippen molar-refractivity contribution in [1.82, 2.24) is 10.2 Å². The van der Waals surface area contributed by atoms with Gasteiger partial charge in [-0.25, -0.2) is 0 Å². The van der Waals surface area contributed by atoms with E-state index < -0.39 is 0 Å². The second-order valence-electron chi connectivity index (χ2n) is 5.02. The number of rotatable bonds is 9. The minimum Gasteiger partial charge on any atom is -0.385 e. The highest BCUT2D eigenvalue weighted by atomic mass is 16.5. The number of carbonyl (C=O) groups excluding carboxylic acids is 1. The summed E-state index contributed by atoms with van der Waals surface area (Å²) < 4.78 is 5.04. The second kappa shape index (κ2) is 8.48. The molecule has 0 radical (unpaired) electrons. The zero-order valence-corrected chi connectivity index (χ0v) is 12.1. The molecule has 2 unspecified atom stereocenters. The van der Waals surface area contributed by atoms with Crippen LogP contribution in [-0.2, 0) is 9.53 Å². The quantitative estimate of drug-likeness (QED) is 0.643. The lowest BCUT2D eigenvalue weighted by atomic mass is 10.1. The molecule has 4 nitrogen and oxygen atoms in total. The molecule has 0 spiro atoms. The van der Waals surface area contributed by atoms with Crippen LogP contribution in [0.15, 0.2) is 0 Å². The molecule has 1 N–H and O–H groups in total. The van der Waals surface area contributed by atoms with Gasteiger partial charge in [-0.1, -0.05) is 26.7 Å². The lowest BCUT2D eigenvalue weighted by molar-refractivity contribution is -0.130. The van der Waals surface area contributed by atoms with Crippen LogP contribution in [0.2, 0.25) is 0 Å². The zero-order chi connectivity index (χ0) is 13.4. The Morgan fingerprint density at radius 1 is 1.28 bits per heavy atom. The maximum absolute atomic E-state index is 12.3. The van der Waals surface area contributed by atoms with E-state index >= 15 is 0 Å². The molecule has 1 amide bonds. The summed E-state index contributed by atoms with van der Waals surface area (Å²) in [6, 6.07) is 0.0531. The van der Waals surface area contributed by atoms with E-state index in [2.05, 4.69) is 19.2 Å². The molecule has 0 aromatic carbocycles. The second-order valence-corrected chi connectivity index (χ2v) is 5.02. The highest BCUT2D eigenvalue weighted by Gasteiger charge is 2.36. The van der Waals surface area contributed by atoms with Crippen LogP contribution in [0.3, 0.4) is 0 Å². The zero-order valence-electron chi connectivity index (χ0n) is 12.1. The van der Waals surface area contributed by atoms with E-state index in [9.17, 15) is 4.79 Å². The standard InChI is InChI=1S/C14H28N2O2/c1-4-6-9-12-14(17)16(13(5-2)15-12)10-7-8-11-18-3/h12-13,15H,4-11H2,1-3H3. The van der Waals surface area contributed by atoms with Gasteiger partial charge in [-0.3, -0.25) is 10.1 Å². The number of carbonyl (C=O) groups is 1. The van der Waals surface area contributed by atoms with Gasteiger partial charge >= 0.3 is 0 Å². The van der Waals surface area contributed by atoms with Crippen LogP contribution >= 0.6 is 0 Å². The van der Waals surface area contributed by atoms with Crippen molar-refractivity contribution in [3.05, 3.63) is 0 Å². The number of hydrogen-bond acceptors (Lipinski definition) is 3. The SMILES string of the molecule is CCCCC1NC(CC)N(CCCCOC)C1=O. The molecule has 0 aromatic rings. The molecule has 1 heterocycles. The summed E-state index contributed by atoms with van der Waals surface area (Å²) in [6.07, 6.45) is 6.52. The van der Waals surface area contributed by atoms with Gasteiger partial charge in [0, 0.05) is 20.3 Å². The molecular weight excluding hydrogens is 228 g/mol. The van der Waals surface area contributed by atoms with E-state index in [1.807, 2.05) is 4.90 Å². The summed E-state index contributed by atoms with van der Waals surface area (Å²) in [5.41, 5.74) is 0. The predicted octanol–water partition coefficient (Wildman–Crippen LogP) is 2.14. The van der Waals surface area contributed by atoms with Gasteiger partial charge in [0.2, 0.25) is 5.91 Å². The highest BCUT2D eigenvalue weighted by molar-refractivity contribution is 5.84. The lowest BCUT2D eigenvalue weighted by Crippen LogP contribution is -2.37. The third-order valence-electron chi connectivity index (χ3n) is 3.58. The number of nitrogens with one attached hydrogen (secondary N) is 1. The fourth-order valence-corrected chi connectivity index (χ4v) is 2.50. The Balaban J connectivity index is 2.41. The summed E-state index contributed by atoms with van der Waals surface area (Å²) in [5.74, 6) is 0.299. The molecule has 0 bridgehead atoms. The third-order valence-corrected chi connectivity index (χ3v) is 3.58. The number of unbranched alkanes of at least 4 members (excludes halogenated alkanes) is 2. The molecule has 1 aliphatic rings. The molecule has 1 saturated heterocycles. The van der Waals surface area contributed by atoms with Crippen molar-refractivity contribution in [1.29, 1.82) is 0 Å². The Morgan fingerprint density at radius 2 is 2.06 bits per heavy atom. The van der Waals surface area contributed by atoms with E-state index in [0.29, 0.717) is 5.91 Å². The molecule has 0 aromatic heterocycles. The molecule has 18 heavy (non-hydrogen) atoms. The van der Waals surface area contributed by atoms with Crippen molar-refractivity contribution in [2.75, 3.05) is 20.3 Å². The maximum atomic E-state index is 12.3. The van der Waals surface area contributed by atoms with Gasteiger partial charge in [-0.15, -0.1) is 0 Å². The summed E-state index contributed by atoms with van der Waals surface area (Å²) in [6.45, 7) is 5.94. The van der Waals surface area contributed by atoms with Crippen LogP contribution in [0.5, 0.6) is 0 Å². The molecule has 2 atom stereocenters. The number of hydrogen-bond donors (Lipinski definition) is 1. The Labute approximate surface area is 111 Å². The maximum Gasteiger partial charge on any atom is 0.241 e. The van der Waals surface area contributed by atoms with Crippen LogP contribution in [0, 0.1) is 0 Å². The van der Waals surface area contributed by atoms with E-state index in [1.54, 1.807) is 7.11 Å². The van der Waals surface area contributed by atoms with Crippen LogP contribution < -0.4 is 5.32 Å². The van der Waals surface area contributed by atoms with Crippen molar-refractivity contribution in [2.45, 2.75) is 64.6 Å². The minimum atomic E-state index is 0.0531. The normalized spacial score (nSPS) is 23.9. The van der Waals surface area contributed by atoms with Crippen molar-refractivity contribution in [3.8, 4) is 0 Å². The van der Waals surface area contributed by atoms with Crippen LogP contribution in [0.4, 0.5) is 0 Å². The summed E-state index contributed by atoms with van der Waals surface area (Å²) in [5, 5.41) is 3.46. The van der Waals surface area contributed by atoms with Crippen molar-refractivity contribution >= 4 is 5.91 Å². The summed E-state index contributed by atoms with van der Waals surface area (Å²) in [7, 11) is 1.72. The predicted molar refractivity (Wildman–Crippen MR) is 73.4 cm³/mol. The fourth-order valence-electron chi connectivity index (χ4n) is 2.50. The first-order valence-electron chi connectivity index (χ1n) is 7.30. The molecular formula is C14H28N2O2. The largest absolute Gasteiger partial charge is 0.385 e. The Morgan fingerprint density at radius 3 is 2.67 bits per heavy atom. The van der Waals surface area contributed by atoms with Gasteiger partial charge in [0.05, 0.1) is 12.2 Å². The van der Waals surface area contributed by atoms with Gasteiger partial charge in [-0.05, 0) is 25.7 Å². The van der Waals surface area contributed by atoms with E-state index in [1.165, 1.54) is 0 Å². The monoisotopic (exact) mass is 256 g/mol. The average molecular weight is 256 g/mol. The van der Waals surface area contributed by atoms with Crippen LogP contribution in [-0.4, -0.2) is 43.3 Å². The first kappa shape index (κ1) is 15.4. The highest BCUT2D eigenvalue weighted by Crippen LogP contribution is 2.18. The number of amides is 1. The Bertz CT molecular complexity index is 246. The van der Waals surface area contributed by atoms with E-state index in [4.69, 9.17) is 4.74 Å². The van der Waals surface area contributed by atoms with Gasteiger partial charge in [0.25, 0.3) is 0 Å². The molecule has 1 fully saturated rings. The number of nitrogens with zero attached hydrogens (tertiary/aromatic N) is 1. The molecule has 1 aliphatic heterocycles. The van der Waals surface area contributed by atoms with Crippen molar-refractivity contribution in [3.63, 3.8) is 0 Å². The number of methoxy groups -OCH3 is 1. The molecule has 1 rings (SSSR count). The minimum absolute atomic E-state index is 0.0531. The fraction of sp³-hybridized carbons (Fsp3) is 0.929. The van der Waals surface area contributed by atoms with Crippen LogP contribution in [0.25, 0.3) is 0 Å². The van der Waals surface area contributed by atoms with Gasteiger partial charge < -0.3 is 9.64 Å². The topological polar surface area (TPSA) is 41.6 Å². The molecule has 0 saturated carbocycles. The molecule has 0 aliphatic carbocycles. The smallest absolute Gasteiger partial charge is 0.241 e. The summed E-state index contributed by atoms with van der Waals surface area (Å²) in [4.78, 5) is 14.3. The van der Waals surface area contributed by atoms with Crippen molar-refractivity contribution < 1.29 is 9.53 Å². The third kappa shape index (κ3) is 4.25. The first-order chi connectivity index (χ1) is 8.74. The lowest BCUT2D eigenvalue weighted by Gasteiger charge is -2.22. The van der Waals surface area contributed by atoms with Gasteiger partial charge in [-0.2, -0.15) is 0 Å². The molecule has 106 valence electrons. The Kier molecular flexibility index (Phi) is 7.28. The van der Waals surface area contributed by atoms with Gasteiger partial charge in [0.1, 0.15) is 0 Å². The van der Waals surface area contributed by atoms with Crippen molar-refractivity contribution in [2.24, 2.45) is 0 Å². The first-order valence-corrected chi connectivity index (χ1v) is 7.30. The molecule has 4 heteroatoms. The summed E-state index contributed by atoms with van der Waals surface area (Å²) >= 11 is 0. The van der Waals surface area contributed by atoms with Crippen LogP contribution in [0.1, 0.15) is 52.4 Å². The van der Waals surface area contributed by atoms with E-state index in [-0.39, 0.29) is 12.2 Å². The van der Waals surface area contributed by atoms with E-state index in [0.717, 1.165) is 51.7 Å². The van der Waals surface area contributed by atoms with Gasteiger partial charge in [0.15, 0.2) is 0 Å². The Hall–Kier alpha value is -0.610. The number of ether oxygens (including phenoxy) is 1. The average Bonchev–Trinajstić information content (AvgIpc) is 2.69.